The lowest BCUT2D eigenvalue weighted by Gasteiger charge is -2.49. The maximum Gasteiger partial charge on any atom is 0.472 e. The molecular weight excluding hydrogens is 1290 g/mol. The summed E-state index contributed by atoms with van der Waals surface area (Å²) >= 11 is 0. The van der Waals surface area contributed by atoms with E-state index in [0.29, 0.717) is 19.3 Å². The van der Waals surface area contributed by atoms with E-state index >= 15 is 0 Å². The molecule has 2 heterocycles. The number of hydrogen-bond acceptors (Lipinski definition) is 23. The van der Waals surface area contributed by atoms with Crippen LogP contribution in [0.3, 0.4) is 0 Å². The molecule has 0 aromatic carbocycles. The zero-order chi connectivity index (χ0) is 71.8. The molecular formula is C73H131O24P. The molecule has 0 radical (unpaired) electrons. The van der Waals surface area contributed by atoms with E-state index in [4.69, 9.17) is 42.2 Å². The van der Waals surface area contributed by atoms with E-state index in [-0.39, 0.29) is 12.8 Å². The molecule has 3 rings (SSSR count). The van der Waals surface area contributed by atoms with E-state index in [0.717, 1.165) is 89.5 Å². The maximum atomic E-state index is 14.3. The van der Waals surface area contributed by atoms with Crippen molar-refractivity contribution in [1.82, 2.24) is 0 Å². The molecule has 1 saturated carbocycles. The third-order valence-corrected chi connectivity index (χ3v) is 19.5. The van der Waals surface area contributed by atoms with Gasteiger partial charge in [0.1, 0.15) is 98.7 Å². The molecule has 0 aromatic rings. The van der Waals surface area contributed by atoms with Gasteiger partial charge in [-0.05, 0) is 51.4 Å². The van der Waals surface area contributed by atoms with E-state index in [1.165, 1.54) is 147 Å². The van der Waals surface area contributed by atoms with Crippen molar-refractivity contribution in [2.45, 2.75) is 382 Å². The SMILES string of the molecule is CCCCCCCCC/C=C\CCCCCC(=O)OC(COC(=O)CCCCCCCCCCCCCCCC)COP(=O)(O)OC1C(OC2OC(CO)C(O)C(O)C2O)C(O)C(O)C(O)C1OC1OC(COC(=O)/C=C/C=C/CCCCCCCCCCCCC)C(O)C(O)C1O. The molecule has 24 nitrogen and oxygen atoms in total. The summed E-state index contributed by atoms with van der Waals surface area (Å²) in [5.74, 6) is -2.24. The summed E-state index contributed by atoms with van der Waals surface area (Å²) in [5.41, 5.74) is 0. The molecule has 1 aliphatic carbocycles. The van der Waals surface area contributed by atoms with E-state index in [2.05, 4.69) is 32.9 Å². The number of aliphatic hydroxyl groups excluding tert-OH is 10. The normalized spacial score (nSPS) is 27.8. The first-order chi connectivity index (χ1) is 47.3. The Balaban J connectivity index is 1.75. The summed E-state index contributed by atoms with van der Waals surface area (Å²) in [6.07, 6.45) is 17.0. The molecule has 18 unspecified atom stereocenters. The summed E-state index contributed by atoms with van der Waals surface area (Å²) in [7, 11) is -5.71. The Labute approximate surface area is 585 Å². The van der Waals surface area contributed by atoms with Crippen molar-refractivity contribution >= 4 is 25.7 Å². The Kier molecular flexibility index (Phi) is 50.0. The zero-order valence-electron chi connectivity index (χ0n) is 59.6. The van der Waals surface area contributed by atoms with Gasteiger partial charge in [-0.25, -0.2) is 9.36 Å². The minimum Gasteiger partial charge on any atom is -0.462 e. The maximum absolute atomic E-state index is 14.3. The Morgan fingerprint density at radius 1 is 0.418 bits per heavy atom. The Morgan fingerprint density at radius 3 is 1.24 bits per heavy atom. The fourth-order valence-corrected chi connectivity index (χ4v) is 13.3. The molecule has 572 valence electrons. The smallest absolute Gasteiger partial charge is 0.462 e. The topological polar surface area (TPSA) is 374 Å². The second-order valence-electron chi connectivity index (χ2n) is 27.1. The number of allylic oxidation sites excluding steroid dienone is 5. The van der Waals surface area contributed by atoms with Crippen LogP contribution in [0.5, 0.6) is 0 Å². The van der Waals surface area contributed by atoms with Crippen LogP contribution >= 0.6 is 7.82 Å². The molecule has 18 atom stereocenters. The molecule has 0 bridgehead atoms. The number of ether oxygens (including phenoxy) is 7. The molecule has 3 aliphatic rings. The summed E-state index contributed by atoms with van der Waals surface area (Å²) in [5, 5.41) is 110. The van der Waals surface area contributed by atoms with Crippen molar-refractivity contribution in [1.29, 1.82) is 0 Å². The van der Waals surface area contributed by atoms with Crippen molar-refractivity contribution in [2.24, 2.45) is 0 Å². The number of carbonyl (C=O) groups is 3. The van der Waals surface area contributed by atoms with Crippen molar-refractivity contribution in [3.63, 3.8) is 0 Å². The van der Waals surface area contributed by atoms with Gasteiger partial charge in [-0.2, -0.15) is 0 Å². The average Bonchev–Trinajstić information content (AvgIpc) is 0.762. The summed E-state index contributed by atoms with van der Waals surface area (Å²) in [6.45, 7) is 3.34. The quantitative estimate of drug-likeness (QED) is 0.00513. The van der Waals surface area contributed by atoms with Crippen molar-refractivity contribution in [2.75, 3.05) is 26.4 Å². The highest BCUT2D eigenvalue weighted by molar-refractivity contribution is 7.47. The van der Waals surface area contributed by atoms with Gasteiger partial charge in [0.15, 0.2) is 18.7 Å². The van der Waals surface area contributed by atoms with Crippen LogP contribution in [0.4, 0.5) is 0 Å². The highest BCUT2D eigenvalue weighted by atomic mass is 31.2. The van der Waals surface area contributed by atoms with Gasteiger partial charge in [0, 0.05) is 18.9 Å². The van der Waals surface area contributed by atoms with Crippen LogP contribution in [0.1, 0.15) is 278 Å². The number of unbranched alkanes of at least 4 members (excludes halogenated alkanes) is 34. The second-order valence-corrected chi connectivity index (χ2v) is 28.5. The number of phosphoric ester groups is 1. The summed E-state index contributed by atoms with van der Waals surface area (Å²) < 4.78 is 64.8. The van der Waals surface area contributed by atoms with Crippen molar-refractivity contribution < 1.29 is 117 Å². The Hall–Kier alpha value is -2.82. The fraction of sp³-hybridized carbons (Fsp3) is 0.877. The van der Waals surface area contributed by atoms with Crippen LogP contribution in [0.15, 0.2) is 36.5 Å². The lowest BCUT2D eigenvalue weighted by Crippen LogP contribution is -2.69. The first kappa shape index (κ1) is 89.4. The Bertz CT molecular complexity index is 2170. The summed E-state index contributed by atoms with van der Waals surface area (Å²) in [6, 6.07) is 0. The third-order valence-electron chi connectivity index (χ3n) is 18.5. The van der Waals surface area contributed by atoms with Crippen LogP contribution in [-0.2, 0) is 61.2 Å². The number of hydrogen-bond donors (Lipinski definition) is 11. The van der Waals surface area contributed by atoms with E-state index in [1.54, 1.807) is 6.08 Å². The fourth-order valence-electron chi connectivity index (χ4n) is 12.3. The third kappa shape index (κ3) is 37.6. The van der Waals surface area contributed by atoms with Crippen LogP contribution < -0.4 is 0 Å². The van der Waals surface area contributed by atoms with Gasteiger partial charge < -0.3 is 89.1 Å². The predicted molar refractivity (Wildman–Crippen MR) is 370 cm³/mol. The van der Waals surface area contributed by atoms with Gasteiger partial charge in [0.2, 0.25) is 0 Å². The van der Waals surface area contributed by atoms with E-state index in [1.807, 2.05) is 6.08 Å². The largest absolute Gasteiger partial charge is 0.472 e. The number of aliphatic hydroxyl groups is 10. The summed E-state index contributed by atoms with van der Waals surface area (Å²) in [4.78, 5) is 50.9. The molecule has 0 aromatic heterocycles. The van der Waals surface area contributed by atoms with Crippen LogP contribution in [-0.4, -0.2) is 204 Å². The van der Waals surface area contributed by atoms with Gasteiger partial charge in [-0.1, -0.05) is 244 Å². The molecule has 2 aliphatic heterocycles. The minimum atomic E-state index is -5.71. The Morgan fingerprint density at radius 2 is 0.796 bits per heavy atom. The number of rotatable bonds is 58. The van der Waals surface area contributed by atoms with Crippen LogP contribution in [0.25, 0.3) is 0 Å². The lowest BCUT2D eigenvalue weighted by atomic mass is 9.84. The number of carbonyl (C=O) groups excluding carboxylic acids is 3. The first-order valence-corrected chi connectivity index (χ1v) is 39.3. The van der Waals surface area contributed by atoms with E-state index < -0.39 is 156 Å². The minimum absolute atomic E-state index is 0.0418. The van der Waals surface area contributed by atoms with Crippen molar-refractivity contribution in [3.8, 4) is 0 Å². The van der Waals surface area contributed by atoms with Gasteiger partial charge >= 0.3 is 25.7 Å². The first-order valence-electron chi connectivity index (χ1n) is 37.8. The molecule has 25 heteroatoms. The van der Waals surface area contributed by atoms with Crippen LogP contribution in [0, 0.1) is 0 Å². The lowest BCUT2D eigenvalue weighted by molar-refractivity contribution is -0.360. The number of phosphoric acid groups is 1. The standard InChI is InChI=1S/C73H131O24P/c1-4-7-10-13-16-19-22-25-28-31-33-36-39-42-45-48-58(76)90-53-56-61(79)63(81)68(86)73(94-56)96-70-66(84)64(82)65(83)69(95-72-67(85)62(80)60(78)55(50-74)93-72)71(70)97-98(87,88)91-52-54(92-59(77)49-46-43-40-37-34-30-27-24-21-18-15-12-9-6-3)51-89-57(75)47-44-41-38-35-32-29-26-23-20-17-14-11-8-5-2/h30,34,39,42,45,48,54-56,60-74,78-86H,4-29,31-33,35-38,40-41,43-44,46-47,49-53H2,1-3H3,(H,87,88)/b34-30-,42-39+,48-45+. The van der Waals surface area contributed by atoms with Crippen molar-refractivity contribution in [3.05, 3.63) is 36.5 Å². The molecule has 0 spiro atoms. The highest BCUT2D eigenvalue weighted by Crippen LogP contribution is 2.49. The van der Waals surface area contributed by atoms with Crippen LogP contribution in [0.2, 0.25) is 0 Å². The van der Waals surface area contributed by atoms with Gasteiger partial charge in [0.25, 0.3) is 0 Å². The molecule has 0 amide bonds. The van der Waals surface area contributed by atoms with Gasteiger partial charge in [0.05, 0.1) is 13.2 Å². The molecule has 98 heavy (non-hydrogen) atoms. The highest BCUT2D eigenvalue weighted by Gasteiger charge is 2.58. The predicted octanol–water partition coefficient (Wildman–Crippen LogP) is 10.3. The molecule has 2 saturated heterocycles. The molecule has 3 fully saturated rings. The van der Waals surface area contributed by atoms with E-state index in [9.17, 15) is 74.9 Å². The van der Waals surface area contributed by atoms with Gasteiger partial charge in [-0.3, -0.25) is 18.6 Å². The monoisotopic (exact) mass is 1420 g/mol. The average molecular weight is 1420 g/mol. The number of esters is 3. The van der Waals surface area contributed by atoms with Gasteiger partial charge in [-0.15, -0.1) is 0 Å². The second kappa shape index (κ2) is 54.8. The zero-order valence-corrected chi connectivity index (χ0v) is 60.5. The molecule has 11 N–H and O–H groups in total.